The Balaban J connectivity index is 1.70. The molecule has 29 heavy (non-hydrogen) atoms. The number of aliphatic imine (C=N–C) groups is 1. The zero-order valence-electron chi connectivity index (χ0n) is 16.3. The molecule has 8 nitrogen and oxygen atoms in total. The summed E-state index contributed by atoms with van der Waals surface area (Å²) in [4.78, 5) is 23.8. The van der Waals surface area contributed by atoms with E-state index in [2.05, 4.69) is 4.98 Å². The highest BCUT2D eigenvalue weighted by atomic mass is 16.5. The van der Waals surface area contributed by atoms with Crippen molar-refractivity contribution < 1.29 is 19.0 Å². The monoisotopic (exact) mass is 394 g/mol. The molecular weight excluding hydrogens is 372 g/mol. The fourth-order valence-electron chi connectivity index (χ4n) is 4.49. The molecule has 5 rings (SSSR count). The van der Waals surface area contributed by atoms with E-state index in [9.17, 15) is 4.79 Å². The predicted molar refractivity (Wildman–Crippen MR) is 106 cm³/mol. The highest BCUT2D eigenvalue weighted by Crippen LogP contribution is 2.51. The van der Waals surface area contributed by atoms with Crippen molar-refractivity contribution in [1.82, 2.24) is 9.88 Å². The zero-order valence-corrected chi connectivity index (χ0v) is 16.3. The maximum Gasteiger partial charge on any atom is 0.262 e. The topological polar surface area (TPSA) is 99.3 Å². The van der Waals surface area contributed by atoms with E-state index < -0.39 is 5.54 Å². The van der Waals surface area contributed by atoms with E-state index in [1.165, 1.54) is 4.90 Å². The SMILES string of the molecule is COc1cncc(-c2ccc3c(c2)[C@]2(N=C(N)N(C)C2=O)[C@H]2COCCC2O3)c1. The number of aromatic nitrogens is 1. The first-order valence-corrected chi connectivity index (χ1v) is 9.56. The number of methoxy groups -OCH3 is 1. The minimum Gasteiger partial charge on any atom is -0.495 e. The van der Waals surface area contributed by atoms with Crippen molar-refractivity contribution >= 4 is 11.9 Å². The third-order valence-electron chi connectivity index (χ3n) is 6.05. The number of ether oxygens (including phenoxy) is 3. The fourth-order valence-corrected chi connectivity index (χ4v) is 4.49. The number of hydrogen-bond acceptors (Lipinski definition) is 7. The van der Waals surface area contributed by atoms with Crippen molar-refractivity contribution in [1.29, 1.82) is 0 Å². The van der Waals surface area contributed by atoms with Crippen LogP contribution in [0.5, 0.6) is 11.5 Å². The van der Waals surface area contributed by atoms with E-state index in [1.807, 2.05) is 24.3 Å². The standard InChI is InChI=1S/C21H22N4O4/c1-25-19(26)21(24-20(25)22)15-8-12(13-7-14(27-2)10-23-9-13)3-4-17(15)29-18-5-6-28-11-16(18)21/h3-4,7-10,16,18H,5-6,11H2,1-2H3,(H2,22,24)/t16-,18?,21-/m0/s1. The van der Waals surface area contributed by atoms with Crippen LogP contribution < -0.4 is 15.2 Å². The molecule has 3 aliphatic heterocycles. The van der Waals surface area contributed by atoms with E-state index in [0.29, 0.717) is 36.7 Å². The molecule has 150 valence electrons. The number of rotatable bonds is 2. The molecule has 1 spiro atoms. The molecular formula is C21H22N4O4. The van der Waals surface area contributed by atoms with Crippen molar-refractivity contribution in [2.45, 2.75) is 18.1 Å². The second kappa shape index (κ2) is 6.45. The number of amides is 1. The van der Waals surface area contributed by atoms with Gasteiger partial charge in [0.05, 0.1) is 32.4 Å². The summed E-state index contributed by atoms with van der Waals surface area (Å²) >= 11 is 0. The van der Waals surface area contributed by atoms with Gasteiger partial charge in [0.1, 0.15) is 17.6 Å². The number of benzene rings is 1. The highest BCUT2D eigenvalue weighted by Gasteiger charge is 2.60. The van der Waals surface area contributed by atoms with Gasteiger partial charge in [0.2, 0.25) is 0 Å². The summed E-state index contributed by atoms with van der Waals surface area (Å²) < 4.78 is 17.3. The summed E-state index contributed by atoms with van der Waals surface area (Å²) in [6.07, 6.45) is 3.97. The minimum atomic E-state index is -1.14. The smallest absolute Gasteiger partial charge is 0.262 e. The first kappa shape index (κ1) is 17.9. The number of carbonyl (C=O) groups excluding carboxylic acids is 1. The maximum absolute atomic E-state index is 13.4. The molecule has 0 saturated carbocycles. The van der Waals surface area contributed by atoms with Gasteiger partial charge in [-0.25, -0.2) is 4.99 Å². The molecule has 3 aliphatic rings. The van der Waals surface area contributed by atoms with Gasteiger partial charge in [0.25, 0.3) is 5.91 Å². The number of fused-ring (bicyclic) bond motifs is 4. The van der Waals surface area contributed by atoms with Gasteiger partial charge in [0, 0.05) is 30.8 Å². The van der Waals surface area contributed by atoms with Crippen molar-refractivity contribution in [2.24, 2.45) is 16.6 Å². The lowest BCUT2D eigenvalue weighted by Crippen LogP contribution is -2.56. The summed E-state index contributed by atoms with van der Waals surface area (Å²) in [6.45, 7) is 0.995. The van der Waals surface area contributed by atoms with Crippen LogP contribution in [0.4, 0.5) is 0 Å². The van der Waals surface area contributed by atoms with Crippen LogP contribution in [0.1, 0.15) is 12.0 Å². The number of nitrogens with zero attached hydrogens (tertiary/aromatic N) is 3. The van der Waals surface area contributed by atoms with Crippen molar-refractivity contribution in [3.05, 3.63) is 42.2 Å². The Bertz CT molecular complexity index is 1020. The molecule has 1 fully saturated rings. The van der Waals surface area contributed by atoms with E-state index in [1.54, 1.807) is 26.6 Å². The molecule has 4 heterocycles. The minimum absolute atomic E-state index is 0.146. The highest BCUT2D eigenvalue weighted by molar-refractivity contribution is 6.07. The molecule has 1 aromatic heterocycles. The van der Waals surface area contributed by atoms with E-state index >= 15 is 0 Å². The van der Waals surface area contributed by atoms with Gasteiger partial charge in [-0.2, -0.15) is 0 Å². The number of nitrogens with two attached hydrogens (primary N) is 1. The Morgan fingerprint density at radius 1 is 1.28 bits per heavy atom. The van der Waals surface area contributed by atoms with Crippen molar-refractivity contribution in [3.8, 4) is 22.6 Å². The van der Waals surface area contributed by atoms with Gasteiger partial charge in [-0.15, -0.1) is 0 Å². The average molecular weight is 394 g/mol. The number of guanidine groups is 1. The molecule has 3 atom stereocenters. The van der Waals surface area contributed by atoms with Crippen LogP contribution in [-0.4, -0.2) is 55.2 Å². The second-order valence-corrected chi connectivity index (χ2v) is 7.55. The molecule has 1 unspecified atom stereocenters. The quantitative estimate of drug-likeness (QED) is 0.829. The van der Waals surface area contributed by atoms with Crippen LogP contribution in [-0.2, 0) is 15.1 Å². The van der Waals surface area contributed by atoms with Crippen LogP contribution in [0.2, 0.25) is 0 Å². The van der Waals surface area contributed by atoms with Gasteiger partial charge in [0.15, 0.2) is 11.5 Å². The second-order valence-electron chi connectivity index (χ2n) is 7.55. The summed E-state index contributed by atoms with van der Waals surface area (Å²) in [5.74, 6) is 1.14. The lowest BCUT2D eigenvalue weighted by atomic mass is 9.71. The van der Waals surface area contributed by atoms with Crippen LogP contribution in [0.25, 0.3) is 11.1 Å². The Labute approximate surface area is 168 Å². The average Bonchev–Trinajstić information content (AvgIpc) is 2.98. The first-order chi connectivity index (χ1) is 14.0. The third kappa shape index (κ3) is 2.52. The maximum atomic E-state index is 13.4. The molecule has 1 aromatic carbocycles. The number of carbonyl (C=O) groups is 1. The zero-order chi connectivity index (χ0) is 20.2. The molecule has 0 radical (unpaired) electrons. The Hall–Kier alpha value is -3.13. The summed E-state index contributed by atoms with van der Waals surface area (Å²) in [7, 11) is 3.25. The molecule has 0 bridgehead atoms. The van der Waals surface area contributed by atoms with Gasteiger partial charge in [-0.3, -0.25) is 14.7 Å². The van der Waals surface area contributed by atoms with E-state index in [-0.39, 0.29) is 23.9 Å². The summed E-state index contributed by atoms with van der Waals surface area (Å²) in [5.41, 5.74) is 7.43. The number of likely N-dealkylation sites (N-methyl/N-ethyl adjacent to an activating group) is 1. The van der Waals surface area contributed by atoms with Crippen molar-refractivity contribution in [3.63, 3.8) is 0 Å². The molecule has 2 aromatic rings. The molecule has 2 N–H and O–H groups in total. The molecule has 8 heteroatoms. The van der Waals surface area contributed by atoms with Gasteiger partial charge < -0.3 is 19.9 Å². The van der Waals surface area contributed by atoms with Crippen LogP contribution in [0, 0.1) is 5.92 Å². The van der Waals surface area contributed by atoms with Gasteiger partial charge >= 0.3 is 0 Å². The largest absolute Gasteiger partial charge is 0.495 e. The summed E-state index contributed by atoms with van der Waals surface area (Å²) in [6, 6.07) is 7.70. The predicted octanol–water partition coefficient (Wildman–Crippen LogP) is 1.54. The third-order valence-corrected chi connectivity index (χ3v) is 6.05. The Morgan fingerprint density at radius 2 is 2.14 bits per heavy atom. The van der Waals surface area contributed by atoms with E-state index in [4.69, 9.17) is 24.9 Å². The first-order valence-electron chi connectivity index (χ1n) is 9.56. The van der Waals surface area contributed by atoms with Crippen LogP contribution in [0.3, 0.4) is 0 Å². The molecule has 0 aliphatic carbocycles. The van der Waals surface area contributed by atoms with Crippen molar-refractivity contribution in [2.75, 3.05) is 27.4 Å². The van der Waals surface area contributed by atoms with E-state index in [0.717, 1.165) is 11.1 Å². The van der Waals surface area contributed by atoms with Crippen LogP contribution in [0.15, 0.2) is 41.7 Å². The fraction of sp³-hybridized carbons (Fsp3) is 0.381. The summed E-state index contributed by atoms with van der Waals surface area (Å²) in [5, 5.41) is 0. The number of pyridine rings is 1. The Morgan fingerprint density at radius 3 is 2.90 bits per heavy atom. The molecule has 1 saturated heterocycles. The van der Waals surface area contributed by atoms with Gasteiger partial charge in [-0.05, 0) is 23.8 Å². The number of hydrogen-bond donors (Lipinski definition) is 1. The van der Waals surface area contributed by atoms with Crippen LogP contribution >= 0.6 is 0 Å². The normalized spacial score (nSPS) is 27.9. The lowest BCUT2D eigenvalue weighted by Gasteiger charge is -2.45. The van der Waals surface area contributed by atoms with Gasteiger partial charge in [-0.1, -0.05) is 6.07 Å². The lowest BCUT2D eigenvalue weighted by molar-refractivity contribution is -0.141. The molecule has 1 amide bonds. The Kier molecular flexibility index (Phi) is 3.99.